The minimum atomic E-state index is -0.956. The summed E-state index contributed by atoms with van der Waals surface area (Å²) in [5.74, 6) is -3.07. The number of hydrogen-bond acceptors (Lipinski definition) is 3. The van der Waals surface area contributed by atoms with Crippen molar-refractivity contribution >= 4 is 23.1 Å². The first-order valence-electron chi connectivity index (χ1n) is 8.85. The van der Waals surface area contributed by atoms with Crippen molar-refractivity contribution < 1.29 is 23.5 Å². The van der Waals surface area contributed by atoms with Crippen LogP contribution in [0.5, 0.6) is 0 Å². The standard InChI is InChI=1S/C23H15F2NO3/c24-16-10-6-14(7-11-16)20-19(21(27)15-8-12-17(25)13-9-15)22(28)23(29)26(20)18-4-2-1-3-5-18/h1-13,20,27H. The molecule has 1 N–H and O–H groups in total. The Morgan fingerprint density at radius 1 is 0.793 bits per heavy atom. The van der Waals surface area contributed by atoms with Gasteiger partial charge in [0.1, 0.15) is 17.4 Å². The number of carbonyl (C=O) groups is 2. The fourth-order valence-corrected chi connectivity index (χ4v) is 3.41. The molecule has 0 spiro atoms. The van der Waals surface area contributed by atoms with E-state index in [1.807, 2.05) is 0 Å². The number of nitrogens with zero attached hydrogens (tertiary/aromatic N) is 1. The molecule has 1 fully saturated rings. The molecular formula is C23H15F2NO3. The van der Waals surface area contributed by atoms with E-state index in [0.29, 0.717) is 11.3 Å². The monoisotopic (exact) mass is 391 g/mol. The maximum Gasteiger partial charge on any atom is 0.300 e. The van der Waals surface area contributed by atoms with Crippen LogP contribution in [-0.4, -0.2) is 16.8 Å². The molecule has 0 bridgehead atoms. The number of anilines is 1. The van der Waals surface area contributed by atoms with Crippen LogP contribution in [0.15, 0.2) is 84.4 Å². The molecule has 4 rings (SSSR count). The van der Waals surface area contributed by atoms with Gasteiger partial charge in [-0.05, 0) is 54.1 Å². The normalized spacial score (nSPS) is 18.3. The molecule has 0 radical (unpaired) electrons. The van der Waals surface area contributed by atoms with Gasteiger partial charge < -0.3 is 5.11 Å². The zero-order valence-corrected chi connectivity index (χ0v) is 15.0. The molecule has 1 unspecified atom stereocenters. The lowest BCUT2D eigenvalue weighted by atomic mass is 9.95. The van der Waals surface area contributed by atoms with Crippen LogP contribution in [0.2, 0.25) is 0 Å². The van der Waals surface area contributed by atoms with Crippen molar-refractivity contribution in [2.75, 3.05) is 4.90 Å². The van der Waals surface area contributed by atoms with Crippen LogP contribution in [0.4, 0.5) is 14.5 Å². The van der Waals surface area contributed by atoms with Gasteiger partial charge in [0, 0.05) is 11.3 Å². The largest absolute Gasteiger partial charge is 0.507 e. The Morgan fingerprint density at radius 3 is 1.93 bits per heavy atom. The molecule has 3 aromatic carbocycles. The smallest absolute Gasteiger partial charge is 0.300 e. The van der Waals surface area contributed by atoms with Crippen LogP contribution >= 0.6 is 0 Å². The number of aliphatic hydroxyl groups excluding tert-OH is 1. The molecule has 144 valence electrons. The van der Waals surface area contributed by atoms with Gasteiger partial charge in [0.2, 0.25) is 0 Å². The van der Waals surface area contributed by atoms with E-state index in [1.165, 1.54) is 41.3 Å². The molecule has 1 amide bonds. The summed E-state index contributed by atoms with van der Waals surface area (Å²) in [6, 6.07) is 17.9. The molecule has 1 heterocycles. The predicted octanol–water partition coefficient (Wildman–Crippen LogP) is 4.59. The maximum absolute atomic E-state index is 13.5. The summed E-state index contributed by atoms with van der Waals surface area (Å²) in [6.07, 6.45) is 0. The zero-order chi connectivity index (χ0) is 20.5. The fraction of sp³-hybridized carbons (Fsp3) is 0.0435. The molecule has 3 aromatic rings. The van der Waals surface area contributed by atoms with Crippen LogP contribution in [0.1, 0.15) is 17.2 Å². The average Bonchev–Trinajstić information content (AvgIpc) is 3.00. The first-order valence-corrected chi connectivity index (χ1v) is 8.85. The van der Waals surface area contributed by atoms with Crippen molar-refractivity contribution in [1.29, 1.82) is 0 Å². The van der Waals surface area contributed by atoms with E-state index in [1.54, 1.807) is 30.3 Å². The Labute approximate surface area is 165 Å². The van der Waals surface area contributed by atoms with E-state index in [2.05, 4.69) is 0 Å². The van der Waals surface area contributed by atoms with E-state index in [0.717, 1.165) is 12.1 Å². The highest BCUT2D eigenvalue weighted by Gasteiger charge is 2.46. The SMILES string of the molecule is O=C1C(=O)N(c2ccccc2)C(c2ccc(F)cc2)C1=C(O)c1ccc(F)cc1. The lowest BCUT2D eigenvalue weighted by Gasteiger charge is -2.25. The van der Waals surface area contributed by atoms with Crippen molar-refractivity contribution in [3.8, 4) is 0 Å². The minimum absolute atomic E-state index is 0.142. The number of Topliss-reactive ketones (excluding diaryl/α,β-unsaturated/α-hetero) is 1. The van der Waals surface area contributed by atoms with Crippen LogP contribution in [-0.2, 0) is 9.59 Å². The summed E-state index contributed by atoms with van der Waals surface area (Å²) in [5.41, 5.74) is 0.974. The third-order valence-electron chi connectivity index (χ3n) is 4.78. The molecule has 0 saturated carbocycles. The highest BCUT2D eigenvalue weighted by molar-refractivity contribution is 6.51. The van der Waals surface area contributed by atoms with Gasteiger partial charge in [-0.3, -0.25) is 14.5 Å². The first-order chi connectivity index (χ1) is 14.0. The van der Waals surface area contributed by atoms with E-state index in [9.17, 15) is 23.5 Å². The highest BCUT2D eigenvalue weighted by atomic mass is 19.1. The molecule has 0 aromatic heterocycles. The van der Waals surface area contributed by atoms with Crippen molar-refractivity contribution in [2.24, 2.45) is 0 Å². The third kappa shape index (κ3) is 3.29. The number of benzene rings is 3. The first kappa shape index (κ1) is 18.6. The van der Waals surface area contributed by atoms with Crippen LogP contribution in [0, 0.1) is 11.6 Å². The van der Waals surface area contributed by atoms with Gasteiger partial charge in [0.15, 0.2) is 0 Å². The summed E-state index contributed by atoms with van der Waals surface area (Å²) < 4.78 is 26.7. The Kier molecular flexibility index (Phi) is 4.68. The van der Waals surface area contributed by atoms with Gasteiger partial charge >= 0.3 is 0 Å². The molecule has 1 atom stereocenters. The van der Waals surface area contributed by atoms with Gasteiger partial charge in [-0.2, -0.15) is 0 Å². The van der Waals surface area contributed by atoms with Gasteiger partial charge in [0.25, 0.3) is 11.7 Å². The summed E-state index contributed by atoms with van der Waals surface area (Å²) >= 11 is 0. The van der Waals surface area contributed by atoms with E-state index in [4.69, 9.17) is 0 Å². The van der Waals surface area contributed by atoms with E-state index < -0.39 is 35.1 Å². The highest BCUT2D eigenvalue weighted by Crippen LogP contribution is 2.42. The number of carbonyl (C=O) groups excluding carboxylic acids is 2. The maximum atomic E-state index is 13.5. The minimum Gasteiger partial charge on any atom is -0.507 e. The van der Waals surface area contributed by atoms with Crippen molar-refractivity contribution in [3.05, 3.63) is 107 Å². The summed E-state index contributed by atoms with van der Waals surface area (Å²) in [7, 11) is 0. The van der Waals surface area contributed by atoms with Gasteiger partial charge in [0.05, 0.1) is 11.6 Å². The van der Waals surface area contributed by atoms with Crippen molar-refractivity contribution in [1.82, 2.24) is 0 Å². The molecular weight excluding hydrogens is 376 g/mol. The number of rotatable bonds is 3. The number of halogens is 2. The topological polar surface area (TPSA) is 57.6 Å². The molecule has 4 nitrogen and oxygen atoms in total. The van der Waals surface area contributed by atoms with Crippen molar-refractivity contribution in [2.45, 2.75) is 6.04 Å². The van der Waals surface area contributed by atoms with E-state index >= 15 is 0 Å². The molecule has 1 aliphatic heterocycles. The third-order valence-corrected chi connectivity index (χ3v) is 4.78. The Bertz CT molecular complexity index is 1110. The van der Waals surface area contributed by atoms with Crippen LogP contribution in [0.25, 0.3) is 5.76 Å². The lowest BCUT2D eigenvalue weighted by Crippen LogP contribution is -2.29. The van der Waals surface area contributed by atoms with Crippen LogP contribution < -0.4 is 4.90 Å². The Balaban J connectivity index is 1.94. The van der Waals surface area contributed by atoms with Gasteiger partial charge in [-0.1, -0.05) is 30.3 Å². The quantitative estimate of drug-likeness (QED) is 0.404. The molecule has 0 aliphatic carbocycles. The van der Waals surface area contributed by atoms with Crippen LogP contribution in [0.3, 0.4) is 0 Å². The van der Waals surface area contributed by atoms with Crippen molar-refractivity contribution in [3.63, 3.8) is 0 Å². The molecule has 1 saturated heterocycles. The molecule has 29 heavy (non-hydrogen) atoms. The predicted molar refractivity (Wildman–Crippen MR) is 104 cm³/mol. The number of hydrogen-bond donors (Lipinski definition) is 1. The number of ketones is 1. The summed E-state index contributed by atoms with van der Waals surface area (Å²) in [4.78, 5) is 27.0. The second-order valence-corrected chi connectivity index (χ2v) is 6.56. The lowest BCUT2D eigenvalue weighted by molar-refractivity contribution is -0.132. The summed E-state index contributed by atoms with van der Waals surface area (Å²) in [5, 5.41) is 10.8. The second-order valence-electron chi connectivity index (χ2n) is 6.56. The van der Waals surface area contributed by atoms with Gasteiger partial charge in [-0.15, -0.1) is 0 Å². The average molecular weight is 391 g/mol. The Hall–Kier alpha value is -3.80. The fourth-order valence-electron chi connectivity index (χ4n) is 3.41. The number of para-hydroxylation sites is 1. The summed E-state index contributed by atoms with van der Waals surface area (Å²) in [6.45, 7) is 0. The second kappa shape index (κ2) is 7.31. The molecule has 6 heteroatoms. The van der Waals surface area contributed by atoms with Gasteiger partial charge in [-0.25, -0.2) is 8.78 Å². The number of amides is 1. The zero-order valence-electron chi connectivity index (χ0n) is 15.0. The number of aliphatic hydroxyl groups is 1. The molecule has 1 aliphatic rings. The Morgan fingerprint density at radius 2 is 1.34 bits per heavy atom. The van der Waals surface area contributed by atoms with E-state index in [-0.39, 0.29) is 11.1 Å².